The van der Waals surface area contributed by atoms with Gasteiger partial charge < -0.3 is 14.4 Å². The highest BCUT2D eigenvalue weighted by molar-refractivity contribution is 5.97. The molecule has 0 N–H and O–H groups in total. The maximum absolute atomic E-state index is 12.6. The van der Waals surface area contributed by atoms with E-state index < -0.39 is 0 Å². The van der Waals surface area contributed by atoms with Crippen molar-refractivity contribution >= 4 is 22.8 Å². The quantitative estimate of drug-likeness (QED) is 0.844. The summed E-state index contributed by atoms with van der Waals surface area (Å²) in [6.45, 7) is 6.18. The number of hydrogen-bond acceptors (Lipinski definition) is 3. The Morgan fingerprint density at radius 2 is 1.74 bits per heavy atom. The summed E-state index contributed by atoms with van der Waals surface area (Å²) in [5.74, 6) is 0.171. The first-order valence-electron chi connectivity index (χ1n) is 7.96. The van der Waals surface area contributed by atoms with E-state index in [-0.39, 0.29) is 17.7 Å². The molecule has 1 aliphatic heterocycles. The molecule has 2 aromatic rings. The van der Waals surface area contributed by atoms with Gasteiger partial charge in [0.15, 0.2) is 0 Å². The number of benzene rings is 1. The lowest BCUT2D eigenvalue weighted by molar-refractivity contribution is -0.135. The summed E-state index contributed by atoms with van der Waals surface area (Å²) in [7, 11) is 1.93. The average molecular weight is 314 g/mol. The van der Waals surface area contributed by atoms with Crippen LogP contribution in [0.15, 0.2) is 24.5 Å². The lowest BCUT2D eigenvalue weighted by Gasteiger charge is -2.35. The molecule has 23 heavy (non-hydrogen) atoms. The van der Waals surface area contributed by atoms with E-state index in [2.05, 4.69) is 4.98 Å². The number of imidazole rings is 1. The van der Waals surface area contributed by atoms with Crippen LogP contribution in [-0.2, 0) is 11.8 Å². The normalized spacial score (nSPS) is 15.5. The molecule has 0 bridgehead atoms. The van der Waals surface area contributed by atoms with Crippen molar-refractivity contribution in [3.63, 3.8) is 0 Å². The Kier molecular flexibility index (Phi) is 4.07. The number of fused-ring (bicyclic) bond motifs is 1. The first-order valence-corrected chi connectivity index (χ1v) is 7.96. The number of amides is 2. The molecule has 2 amide bonds. The summed E-state index contributed by atoms with van der Waals surface area (Å²) in [5, 5.41) is 0. The van der Waals surface area contributed by atoms with Crippen molar-refractivity contribution in [3.05, 3.63) is 30.1 Å². The Labute approximate surface area is 135 Å². The Morgan fingerprint density at radius 1 is 1.09 bits per heavy atom. The summed E-state index contributed by atoms with van der Waals surface area (Å²) >= 11 is 0. The predicted octanol–water partition coefficient (Wildman–Crippen LogP) is 1.51. The van der Waals surface area contributed by atoms with Gasteiger partial charge in [0.05, 0.1) is 17.4 Å². The molecule has 3 rings (SSSR count). The zero-order valence-electron chi connectivity index (χ0n) is 13.8. The molecule has 0 spiro atoms. The van der Waals surface area contributed by atoms with Gasteiger partial charge in [-0.3, -0.25) is 9.59 Å². The van der Waals surface area contributed by atoms with Crippen LogP contribution in [0, 0.1) is 5.92 Å². The van der Waals surface area contributed by atoms with Crippen molar-refractivity contribution in [2.45, 2.75) is 13.8 Å². The number of hydrogen-bond donors (Lipinski definition) is 0. The van der Waals surface area contributed by atoms with Gasteiger partial charge in [-0.2, -0.15) is 0 Å². The van der Waals surface area contributed by atoms with Crippen LogP contribution in [-0.4, -0.2) is 57.3 Å². The minimum atomic E-state index is 0.00353. The minimum absolute atomic E-state index is 0.00353. The van der Waals surface area contributed by atoms with E-state index in [1.807, 2.05) is 53.5 Å². The molecule has 1 aliphatic rings. The lowest BCUT2D eigenvalue weighted by atomic mass is 10.1. The first-order chi connectivity index (χ1) is 11.0. The van der Waals surface area contributed by atoms with Crippen LogP contribution < -0.4 is 0 Å². The van der Waals surface area contributed by atoms with E-state index in [4.69, 9.17) is 0 Å². The highest BCUT2D eigenvalue weighted by atomic mass is 16.2. The van der Waals surface area contributed by atoms with Crippen LogP contribution in [0.1, 0.15) is 24.2 Å². The zero-order valence-corrected chi connectivity index (χ0v) is 13.8. The molecule has 0 atom stereocenters. The molecule has 2 heterocycles. The molecule has 0 unspecified atom stereocenters. The highest BCUT2D eigenvalue weighted by Crippen LogP contribution is 2.16. The van der Waals surface area contributed by atoms with Crippen LogP contribution >= 0.6 is 0 Å². The van der Waals surface area contributed by atoms with Gasteiger partial charge in [0.25, 0.3) is 5.91 Å². The third-order valence-corrected chi connectivity index (χ3v) is 4.34. The monoisotopic (exact) mass is 314 g/mol. The summed E-state index contributed by atoms with van der Waals surface area (Å²) < 4.78 is 1.93. The van der Waals surface area contributed by atoms with Gasteiger partial charge in [-0.25, -0.2) is 4.98 Å². The fourth-order valence-electron chi connectivity index (χ4n) is 2.95. The van der Waals surface area contributed by atoms with E-state index in [9.17, 15) is 9.59 Å². The Balaban J connectivity index is 1.70. The van der Waals surface area contributed by atoms with Crippen LogP contribution in [0.2, 0.25) is 0 Å². The highest BCUT2D eigenvalue weighted by Gasteiger charge is 2.26. The molecule has 1 fully saturated rings. The molecule has 0 radical (unpaired) electrons. The molecule has 1 saturated heterocycles. The molecule has 1 aromatic heterocycles. The van der Waals surface area contributed by atoms with Gasteiger partial charge in [-0.15, -0.1) is 0 Å². The first kappa shape index (κ1) is 15.5. The van der Waals surface area contributed by atoms with Crippen molar-refractivity contribution in [3.8, 4) is 0 Å². The Bertz CT molecular complexity index is 742. The van der Waals surface area contributed by atoms with Crippen molar-refractivity contribution in [1.82, 2.24) is 19.4 Å². The van der Waals surface area contributed by atoms with Crippen LogP contribution in [0.5, 0.6) is 0 Å². The molecule has 0 aliphatic carbocycles. The van der Waals surface area contributed by atoms with Gasteiger partial charge in [0.2, 0.25) is 5.91 Å². The minimum Gasteiger partial charge on any atom is -0.339 e. The van der Waals surface area contributed by atoms with E-state index in [0.717, 1.165) is 11.0 Å². The topological polar surface area (TPSA) is 58.4 Å². The number of nitrogens with zero attached hydrogens (tertiary/aromatic N) is 4. The van der Waals surface area contributed by atoms with Crippen LogP contribution in [0.4, 0.5) is 0 Å². The number of aryl methyl sites for hydroxylation is 1. The van der Waals surface area contributed by atoms with Crippen molar-refractivity contribution in [2.75, 3.05) is 26.2 Å². The van der Waals surface area contributed by atoms with Crippen molar-refractivity contribution < 1.29 is 9.59 Å². The molecule has 0 saturated carbocycles. The maximum Gasteiger partial charge on any atom is 0.254 e. The fraction of sp³-hybridized carbons (Fsp3) is 0.471. The summed E-state index contributed by atoms with van der Waals surface area (Å²) in [6, 6.07) is 5.61. The molecular formula is C17H22N4O2. The Hall–Kier alpha value is -2.37. The van der Waals surface area contributed by atoms with Gasteiger partial charge >= 0.3 is 0 Å². The maximum atomic E-state index is 12.6. The number of piperazine rings is 1. The molecular weight excluding hydrogens is 292 g/mol. The predicted molar refractivity (Wildman–Crippen MR) is 88.0 cm³/mol. The smallest absolute Gasteiger partial charge is 0.254 e. The van der Waals surface area contributed by atoms with Gasteiger partial charge in [0.1, 0.15) is 0 Å². The number of carbonyl (C=O) groups is 2. The van der Waals surface area contributed by atoms with E-state index in [1.165, 1.54) is 0 Å². The zero-order chi connectivity index (χ0) is 16.6. The summed E-state index contributed by atoms with van der Waals surface area (Å²) in [5.41, 5.74) is 2.49. The number of rotatable bonds is 2. The second kappa shape index (κ2) is 6.02. The van der Waals surface area contributed by atoms with Crippen molar-refractivity contribution in [2.24, 2.45) is 13.0 Å². The van der Waals surface area contributed by atoms with Crippen LogP contribution in [0.3, 0.4) is 0 Å². The molecule has 1 aromatic carbocycles. The van der Waals surface area contributed by atoms with Gasteiger partial charge in [-0.1, -0.05) is 13.8 Å². The fourth-order valence-corrected chi connectivity index (χ4v) is 2.95. The van der Waals surface area contributed by atoms with E-state index in [0.29, 0.717) is 31.7 Å². The third kappa shape index (κ3) is 2.93. The van der Waals surface area contributed by atoms with Crippen LogP contribution in [0.25, 0.3) is 11.0 Å². The Morgan fingerprint density at radius 3 is 2.39 bits per heavy atom. The van der Waals surface area contributed by atoms with E-state index in [1.54, 1.807) is 6.33 Å². The summed E-state index contributed by atoms with van der Waals surface area (Å²) in [4.78, 5) is 32.6. The van der Waals surface area contributed by atoms with Gasteiger partial charge in [0, 0.05) is 44.7 Å². The molecule has 6 nitrogen and oxygen atoms in total. The van der Waals surface area contributed by atoms with Crippen molar-refractivity contribution in [1.29, 1.82) is 0 Å². The summed E-state index contributed by atoms with van der Waals surface area (Å²) in [6.07, 6.45) is 1.75. The standard InChI is InChI=1S/C17H22N4O2/c1-12(2)16(22)20-6-8-21(9-7-20)17(23)13-4-5-15-14(10-13)18-11-19(15)3/h4-5,10-12H,6-9H2,1-3H3. The van der Waals surface area contributed by atoms with E-state index >= 15 is 0 Å². The molecule has 6 heteroatoms. The van der Waals surface area contributed by atoms with Gasteiger partial charge in [-0.05, 0) is 18.2 Å². The second-order valence-electron chi connectivity index (χ2n) is 6.33. The molecule has 122 valence electrons. The number of aromatic nitrogens is 2. The SMILES string of the molecule is CC(C)C(=O)N1CCN(C(=O)c2ccc3c(c2)ncn3C)CC1. The average Bonchev–Trinajstić information content (AvgIpc) is 2.94. The number of carbonyl (C=O) groups excluding carboxylic acids is 2. The third-order valence-electron chi connectivity index (χ3n) is 4.34. The largest absolute Gasteiger partial charge is 0.339 e. The second-order valence-corrected chi connectivity index (χ2v) is 6.33. The lowest BCUT2D eigenvalue weighted by Crippen LogP contribution is -2.51.